The SMILES string of the molecule is CCOc1cc(C)c(/C=C(\C#N)c2ccc([N+](=O)[O-])cc2)cc1C(C)C. The molecular weight excluding hydrogens is 328 g/mol. The van der Waals surface area contributed by atoms with Crippen LogP contribution in [0.3, 0.4) is 0 Å². The fourth-order valence-electron chi connectivity index (χ4n) is 2.70. The maximum Gasteiger partial charge on any atom is 0.269 e. The summed E-state index contributed by atoms with van der Waals surface area (Å²) in [4.78, 5) is 10.3. The summed E-state index contributed by atoms with van der Waals surface area (Å²) >= 11 is 0. The summed E-state index contributed by atoms with van der Waals surface area (Å²) in [6, 6.07) is 12.2. The third-order valence-electron chi connectivity index (χ3n) is 4.13. The Bertz CT molecular complexity index is 875. The van der Waals surface area contributed by atoms with E-state index in [0.717, 1.165) is 22.4 Å². The van der Waals surface area contributed by atoms with Crippen LogP contribution >= 0.6 is 0 Å². The van der Waals surface area contributed by atoms with Crippen molar-refractivity contribution in [1.82, 2.24) is 0 Å². The lowest BCUT2D eigenvalue weighted by Gasteiger charge is -2.16. The van der Waals surface area contributed by atoms with Crippen LogP contribution in [-0.2, 0) is 0 Å². The van der Waals surface area contributed by atoms with E-state index in [0.29, 0.717) is 17.7 Å². The molecule has 0 N–H and O–H groups in total. The fraction of sp³-hybridized carbons (Fsp3) is 0.286. The van der Waals surface area contributed by atoms with Crippen molar-refractivity contribution in [3.05, 3.63) is 68.8 Å². The summed E-state index contributed by atoms with van der Waals surface area (Å²) in [6.45, 7) is 8.73. The van der Waals surface area contributed by atoms with Crippen molar-refractivity contribution in [3.8, 4) is 11.8 Å². The van der Waals surface area contributed by atoms with Crippen LogP contribution in [0, 0.1) is 28.4 Å². The number of allylic oxidation sites excluding steroid dienone is 1. The second kappa shape index (κ2) is 8.30. The maximum absolute atomic E-state index is 10.8. The molecule has 5 heteroatoms. The van der Waals surface area contributed by atoms with Crippen molar-refractivity contribution >= 4 is 17.3 Å². The van der Waals surface area contributed by atoms with Gasteiger partial charge < -0.3 is 4.74 Å². The molecule has 2 aromatic carbocycles. The molecule has 0 atom stereocenters. The lowest BCUT2D eigenvalue weighted by molar-refractivity contribution is -0.384. The van der Waals surface area contributed by atoms with Gasteiger partial charge in [0.25, 0.3) is 5.69 Å². The normalized spacial score (nSPS) is 11.3. The van der Waals surface area contributed by atoms with E-state index < -0.39 is 4.92 Å². The number of hydrogen-bond donors (Lipinski definition) is 0. The monoisotopic (exact) mass is 350 g/mol. The molecule has 0 amide bonds. The minimum absolute atomic E-state index is 0.00498. The third-order valence-corrected chi connectivity index (χ3v) is 4.13. The van der Waals surface area contributed by atoms with E-state index in [4.69, 9.17) is 4.74 Å². The molecule has 0 unspecified atom stereocenters. The topological polar surface area (TPSA) is 76.2 Å². The molecule has 0 saturated carbocycles. The van der Waals surface area contributed by atoms with E-state index in [1.54, 1.807) is 12.1 Å². The summed E-state index contributed by atoms with van der Waals surface area (Å²) in [6.07, 6.45) is 1.82. The van der Waals surface area contributed by atoms with Crippen LogP contribution in [-0.4, -0.2) is 11.5 Å². The average Bonchev–Trinajstić information content (AvgIpc) is 2.61. The minimum Gasteiger partial charge on any atom is -0.494 e. The highest BCUT2D eigenvalue weighted by atomic mass is 16.6. The van der Waals surface area contributed by atoms with E-state index in [1.807, 2.05) is 32.1 Å². The molecule has 0 aromatic heterocycles. The number of rotatable bonds is 6. The van der Waals surface area contributed by atoms with Crippen LogP contribution in [0.4, 0.5) is 5.69 Å². The first-order valence-electron chi connectivity index (χ1n) is 8.51. The van der Waals surface area contributed by atoms with Crippen molar-refractivity contribution in [3.63, 3.8) is 0 Å². The molecule has 0 radical (unpaired) electrons. The molecule has 0 heterocycles. The molecule has 0 aliphatic rings. The van der Waals surface area contributed by atoms with Crippen LogP contribution in [0.2, 0.25) is 0 Å². The first-order valence-corrected chi connectivity index (χ1v) is 8.51. The molecule has 0 aliphatic carbocycles. The summed E-state index contributed by atoms with van der Waals surface area (Å²) in [5.41, 5.74) is 4.15. The number of hydrogen-bond acceptors (Lipinski definition) is 4. The first-order chi connectivity index (χ1) is 12.4. The van der Waals surface area contributed by atoms with Gasteiger partial charge in [-0.1, -0.05) is 13.8 Å². The van der Waals surface area contributed by atoms with Crippen LogP contribution in [0.5, 0.6) is 5.75 Å². The molecule has 26 heavy (non-hydrogen) atoms. The van der Waals surface area contributed by atoms with Gasteiger partial charge in [-0.15, -0.1) is 0 Å². The Balaban J connectivity index is 2.50. The van der Waals surface area contributed by atoms with Crippen LogP contribution in [0.1, 0.15) is 48.9 Å². The third kappa shape index (κ3) is 4.28. The number of aryl methyl sites for hydroxylation is 1. The number of ether oxygens (including phenoxy) is 1. The van der Waals surface area contributed by atoms with Crippen molar-refractivity contribution in [1.29, 1.82) is 5.26 Å². The van der Waals surface area contributed by atoms with Gasteiger partial charge in [-0.2, -0.15) is 5.26 Å². The highest BCUT2D eigenvalue weighted by molar-refractivity contribution is 5.90. The molecular formula is C21H22N2O3. The van der Waals surface area contributed by atoms with Gasteiger partial charge in [0, 0.05) is 12.1 Å². The molecule has 0 spiro atoms. The Morgan fingerprint density at radius 1 is 1.31 bits per heavy atom. The highest BCUT2D eigenvalue weighted by Gasteiger charge is 2.12. The second-order valence-corrected chi connectivity index (χ2v) is 6.31. The quantitative estimate of drug-likeness (QED) is 0.299. The fourth-order valence-corrected chi connectivity index (χ4v) is 2.70. The number of nitro groups is 1. The zero-order chi connectivity index (χ0) is 19.3. The van der Waals surface area contributed by atoms with Crippen molar-refractivity contribution in [2.45, 2.75) is 33.6 Å². The summed E-state index contributed by atoms with van der Waals surface area (Å²) < 4.78 is 5.74. The largest absolute Gasteiger partial charge is 0.494 e. The van der Waals surface area contributed by atoms with Gasteiger partial charge in [-0.25, -0.2) is 0 Å². The number of nitro benzene ring substituents is 1. The molecule has 2 rings (SSSR count). The van der Waals surface area contributed by atoms with Crippen molar-refractivity contribution in [2.75, 3.05) is 6.61 Å². The Morgan fingerprint density at radius 2 is 1.96 bits per heavy atom. The summed E-state index contributed by atoms with van der Waals surface area (Å²) in [5, 5.41) is 20.3. The van der Waals surface area contributed by atoms with E-state index >= 15 is 0 Å². The highest BCUT2D eigenvalue weighted by Crippen LogP contribution is 2.32. The van der Waals surface area contributed by atoms with E-state index in [1.165, 1.54) is 12.1 Å². The number of non-ortho nitro benzene ring substituents is 1. The number of nitriles is 1. The van der Waals surface area contributed by atoms with Gasteiger partial charge in [0.2, 0.25) is 0 Å². The lowest BCUT2D eigenvalue weighted by atomic mass is 9.94. The number of nitrogens with zero attached hydrogens (tertiary/aromatic N) is 2. The molecule has 0 aliphatic heterocycles. The zero-order valence-electron chi connectivity index (χ0n) is 15.4. The minimum atomic E-state index is -0.453. The van der Waals surface area contributed by atoms with E-state index in [2.05, 4.69) is 19.9 Å². The van der Waals surface area contributed by atoms with E-state index in [-0.39, 0.29) is 11.6 Å². The lowest BCUT2D eigenvalue weighted by Crippen LogP contribution is -2.00. The van der Waals surface area contributed by atoms with Crippen LogP contribution < -0.4 is 4.74 Å². The van der Waals surface area contributed by atoms with Gasteiger partial charge in [0.05, 0.1) is 23.2 Å². The maximum atomic E-state index is 10.8. The zero-order valence-corrected chi connectivity index (χ0v) is 15.4. The van der Waals surface area contributed by atoms with Gasteiger partial charge in [0.15, 0.2) is 0 Å². The van der Waals surface area contributed by atoms with Gasteiger partial charge >= 0.3 is 0 Å². The Kier molecular flexibility index (Phi) is 6.13. The van der Waals surface area contributed by atoms with Crippen LogP contribution in [0.25, 0.3) is 11.6 Å². The van der Waals surface area contributed by atoms with Crippen LogP contribution in [0.15, 0.2) is 36.4 Å². The smallest absolute Gasteiger partial charge is 0.269 e. The Morgan fingerprint density at radius 3 is 2.46 bits per heavy atom. The standard InChI is InChI=1S/C21H22N2O3/c1-5-26-21-10-15(4)17(12-20(21)14(2)3)11-18(13-22)16-6-8-19(9-7-16)23(24)25/h6-12,14H,5H2,1-4H3/b18-11+. The number of benzene rings is 2. The predicted octanol–water partition coefficient (Wildman–Crippen LogP) is 5.49. The van der Waals surface area contributed by atoms with E-state index in [9.17, 15) is 15.4 Å². The molecule has 0 saturated heterocycles. The molecule has 134 valence electrons. The molecule has 0 bridgehead atoms. The van der Waals surface area contributed by atoms with Gasteiger partial charge in [-0.3, -0.25) is 10.1 Å². The van der Waals surface area contributed by atoms with Crippen molar-refractivity contribution < 1.29 is 9.66 Å². The van der Waals surface area contributed by atoms with Crippen molar-refractivity contribution in [2.24, 2.45) is 0 Å². The Labute approximate surface area is 153 Å². The van der Waals surface area contributed by atoms with Gasteiger partial charge in [0.1, 0.15) is 5.75 Å². The molecule has 2 aromatic rings. The molecule has 5 nitrogen and oxygen atoms in total. The summed E-state index contributed by atoms with van der Waals surface area (Å²) in [7, 11) is 0. The molecule has 0 fully saturated rings. The first kappa shape index (κ1) is 19.2. The predicted molar refractivity (Wildman–Crippen MR) is 103 cm³/mol. The van der Waals surface area contributed by atoms with Gasteiger partial charge in [-0.05, 0) is 72.4 Å². The Hall–Kier alpha value is -3.13. The second-order valence-electron chi connectivity index (χ2n) is 6.31. The average molecular weight is 350 g/mol. The summed E-state index contributed by atoms with van der Waals surface area (Å²) in [5.74, 6) is 1.15.